The van der Waals surface area contributed by atoms with Crippen LogP contribution in [0.15, 0.2) is 0 Å². The maximum absolute atomic E-state index is 11.9. The lowest BCUT2D eigenvalue weighted by molar-refractivity contribution is -0.141. The highest BCUT2D eigenvalue weighted by Crippen LogP contribution is 2.18. The Morgan fingerprint density at radius 1 is 1.56 bits per heavy atom. The van der Waals surface area contributed by atoms with E-state index in [-0.39, 0.29) is 30.1 Å². The van der Waals surface area contributed by atoms with Gasteiger partial charge in [0.1, 0.15) is 6.10 Å². The topological polar surface area (TPSA) is 58.6 Å². The van der Waals surface area contributed by atoms with Crippen LogP contribution in [0.2, 0.25) is 0 Å². The van der Waals surface area contributed by atoms with E-state index in [9.17, 15) is 9.59 Å². The molecule has 0 saturated carbocycles. The summed E-state index contributed by atoms with van der Waals surface area (Å²) >= 11 is 0. The van der Waals surface area contributed by atoms with Crippen molar-refractivity contribution in [3.63, 3.8) is 0 Å². The summed E-state index contributed by atoms with van der Waals surface area (Å²) in [5.74, 6) is -0.201. The summed E-state index contributed by atoms with van der Waals surface area (Å²) in [6, 6.07) is -0.197. The zero-order chi connectivity index (χ0) is 11.7. The Morgan fingerprint density at radius 3 is 2.81 bits per heavy atom. The summed E-state index contributed by atoms with van der Waals surface area (Å²) in [6.45, 7) is 2.78. The van der Waals surface area contributed by atoms with Crippen LogP contribution in [0.1, 0.15) is 26.2 Å². The second kappa shape index (κ2) is 4.41. The molecule has 2 aliphatic heterocycles. The molecule has 1 unspecified atom stereocenters. The van der Waals surface area contributed by atoms with Crippen molar-refractivity contribution in [3.05, 3.63) is 0 Å². The molecular weight excluding hydrogens is 208 g/mol. The summed E-state index contributed by atoms with van der Waals surface area (Å²) in [5.41, 5.74) is 0. The monoisotopic (exact) mass is 226 g/mol. The van der Waals surface area contributed by atoms with E-state index in [4.69, 9.17) is 4.74 Å². The number of rotatable bonds is 2. The molecule has 2 heterocycles. The Kier molecular flexibility index (Phi) is 3.14. The molecule has 3 atom stereocenters. The number of hydrogen-bond donors (Lipinski definition) is 1. The molecule has 16 heavy (non-hydrogen) atoms. The van der Waals surface area contributed by atoms with Crippen molar-refractivity contribution >= 4 is 11.9 Å². The molecule has 0 bridgehead atoms. The van der Waals surface area contributed by atoms with Gasteiger partial charge >= 0.3 is 5.97 Å². The number of esters is 1. The molecule has 0 aromatic heterocycles. The maximum Gasteiger partial charge on any atom is 0.308 e. The van der Waals surface area contributed by atoms with E-state index in [1.807, 2.05) is 14.0 Å². The number of nitrogens with one attached hydrogen (secondary N) is 1. The zero-order valence-electron chi connectivity index (χ0n) is 9.73. The number of amides is 1. The molecule has 90 valence electrons. The van der Waals surface area contributed by atoms with E-state index in [1.165, 1.54) is 0 Å². The summed E-state index contributed by atoms with van der Waals surface area (Å²) in [4.78, 5) is 25.0. The SMILES string of the molecule is CC1OC(=O)C[C@@H]1NC(=O)[C@@H]1CCCN1C. The molecule has 1 amide bonds. The van der Waals surface area contributed by atoms with Gasteiger partial charge in [0.15, 0.2) is 0 Å². The molecule has 0 aliphatic carbocycles. The lowest BCUT2D eigenvalue weighted by Crippen LogP contribution is -2.47. The summed E-state index contributed by atoms with van der Waals surface area (Å²) in [5, 5.41) is 2.90. The van der Waals surface area contributed by atoms with Crippen LogP contribution < -0.4 is 5.32 Å². The van der Waals surface area contributed by atoms with Crippen LogP contribution in [0.5, 0.6) is 0 Å². The van der Waals surface area contributed by atoms with Crippen molar-refractivity contribution in [1.29, 1.82) is 0 Å². The van der Waals surface area contributed by atoms with Crippen LogP contribution in [-0.4, -0.2) is 48.6 Å². The van der Waals surface area contributed by atoms with E-state index in [0.717, 1.165) is 19.4 Å². The molecule has 2 rings (SSSR count). The summed E-state index contributed by atoms with van der Waals surface area (Å²) in [6.07, 6.45) is 2.05. The van der Waals surface area contributed by atoms with Gasteiger partial charge in [-0.1, -0.05) is 0 Å². The fourth-order valence-corrected chi connectivity index (χ4v) is 2.37. The van der Waals surface area contributed by atoms with Crippen LogP contribution in [0.4, 0.5) is 0 Å². The van der Waals surface area contributed by atoms with Gasteiger partial charge in [-0.2, -0.15) is 0 Å². The van der Waals surface area contributed by atoms with Gasteiger partial charge in [0.25, 0.3) is 0 Å². The first-order valence-corrected chi connectivity index (χ1v) is 5.78. The van der Waals surface area contributed by atoms with Crippen molar-refractivity contribution in [1.82, 2.24) is 10.2 Å². The predicted molar refractivity (Wildman–Crippen MR) is 57.8 cm³/mol. The van der Waals surface area contributed by atoms with Crippen molar-refractivity contribution in [2.24, 2.45) is 0 Å². The molecule has 2 saturated heterocycles. The Bertz CT molecular complexity index is 306. The van der Waals surface area contributed by atoms with E-state index in [0.29, 0.717) is 6.42 Å². The summed E-state index contributed by atoms with van der Waals surface area (Å²) in [7, 11) is 1.96. The number of likely N-dealkylation sites (N-methyl/N-ethyl adjacent to an activating group) is 1. The van der Waals surface area contributed by atoms with Gasteiger partial charge < -0.3 is 10.1 Å². The molecule has 2 fully saturated rings. The molecule has 0 spiro atoms. The predicted octanol–water partition coefficient (Wildman–Crippen LogP) is -0.0992. The molecule has 0 aromatic rings. The number of carbonyl (C=O) groups excluding carboxylic acids is 2. The van der Waals surface area contributed by atoms with Gasteiger partial charge in [-0.25, -0.2) is 0 Å². The molecule has 0 radical (unpaired) electrons. The van der Waals surface area contributed by atoms with Crippen LogP contribution in [0, 0.1) is 0 Å². The lowest BCUT2D eigenvalue weighted by atomic mass is 10.1. The lowest BCUT2D eigenvalue weighted by Gasteiger charge is -2.22. The van der Waals surface area contributed by atoms with Gasteiger partial charge in [-0.15, -0.1) is 0 Å². The minimum atomic E-state index is -0.224. The number of likely N-dealkylation sites (tertiary alicyclic amines) is 1. The third-order valence-electron chi connectivity index (χ3n) is 3.42. The number of ether oxygens (including phenoxy) is 1. The Labute approximate surface area is 95.1 Å². The van der Waals surface area contributed by atoms with Gasteiger partial charge in [0.2, 0.25) is 5.91 Å². The molecule has 2 aliphatic rings. The Morgan fingerprint density at radius 2 is 2.31 bits per heavy atom. The number of nitrogens with zero attached hydrogens (tertiary/aromatic N) is 1. The Balaban J connectivity index is 1.89. The van der Waals surface area contributed by atoms with E-state index >= 15 is 0 Å². The average Bonchev–Trinajstić information content (AvgIpc) is 2.74. The fraction of sp³-hybridized carbons (Fsp3) is 0.818. The van der Waals surface area contributed by atoms with Gasteiger partial charge in [0.05, 0.1) is 18.5 Å². The molecule has 5 nitrogen and oxygen atoms in total. The van der Waals surface area contributed by atoms with E-state index in [2.05, 4.69) is 10.2 Å². The molecule has 1 N–H and O–H groups in total. The number of carbonyl (C=O) groups is 2. The highest BCUT2D eigenvalue weighted by Gasteiger charge is 2.35. The standard InChI is InChI=1S/C11H18N2O3/c1-7-8(6-10(14)16-7)12-11(15)9-4-3-5-13(9)2/h7-9H,3-6H2,1-2H3,(H,12,15)/t7?,8-,9-/m0/s1. The van der Waals surface area contributed by atoms with Gasteiger partial charge in [0, 0.05) is 0 Å². The maximum atomic E-state index is 11.9. The highest BCUT2D eigenvalue weighted by molar-refractivity contribution is 5.83. The minimum absolute atomic E-state index is 0.0233. The average molecular weight is 226 g/mol. The van der Waals surface area contributed by atoms with Crippen LogP contribution in [0.25, 0.3) is 0 Å². The zero-order valence-corrected chi connectivity index (χ0v) is 9.73. The second-order valence-corrected chi connectivity index (χ2v) is 4.65. The normalized spacial score (nSPS) is 35.1. The molecule has 0 aromatic carbocycles. The van der Waals surface area contributed by atoms with Crippen molar-refractivity contribution in [2.45, 2.75) is 44.4 Å². The van der Waals surface area contributed by atoms with Crippen LogP contribution in [-0.2, 0) is 14.3 Å². The van der Waals surface area contributed by atoms with Crippen LogP contribution >= 0.6 is 0 Å². The smallest absolute Gasteiger partial charge is 0.308 e. The van der Waals surface area contributed by atoms with Crippen molar-refractivity contribution in [2.75, 3.05) is 13.6 Å². The third-order valence-corrected chi connectivity index (χ3v) is 3.42. The highest BCUT2D eigenvalue weighted by atomic mass is 16.6. The number of cyclic esters (lactones) is 1. The van der Waals surface area contributed by atoms with Gasteiger partial charge in [-0.05, 0) is 33.4 Å². The molecular formula is C11H18N2O3. The quantitative estimate of drug-likeness (QED) is 0.668. The summed E-state index contributed by atoms with van der Waals surface area (Å²) < 4.78 is 5.00. The van der Waals surface area contributed by atoms with E-state index < -0.39 is 0 Å². The van der Waals surface area contributed by atoms with Gasteiger partial charge in [-0.3, -0.25) is 14.5 Å². The first kappa shape index (κ1) is 11.4. The number of hydrogen-bond acceptors (Lipinski definition) is 4. The third kappa shape index (κ3) is 2.19. The first-order chi connectivity index (χ1) is 7.58. The first-order valence-electron chi connectivity index (χ1n) is 5.78. The van der Waals surface area contributed by atoms with Crippen LogP contribution in [0.3, 0.4) is 0 Å². The largest absolute Gasteiger partial charge is 0.460 e. The minimum Gasteiger partial charge on any atom is -0.460 e. The van der Waals surface area contributed by atoms with Crippen molar-refractivity contribution < 1.29 is 14.3 Å². The van der Waals surface area contributed by atoms with E-state index in [1.54, 1.807) is 0 Å². The Hall–Kier alpha value is -1.10. The van der Waals surface area contributed by atoms with Crippen molar-refractivity contribution in [3.8, 4) is 0 Å². The molecule has 5 heteroatoms. The fourth-order valence-electron chi connectivity index (χ4n) is 2.37. The second-order valence-electron chi connectivity index (χ2n) is 4.65.